The molecular weight excluding hydrogens is 250 g/mol. The van der Waals surface area contributed by atoms with Gasteiger partial charge in [-0.1, -0.05) is 11.8 Å². The van der Waals surface area contributed by atoms with Crippen molar-refractivity contribution in [2.75, 3.05) is 12.4 Å². The molecule has 0 aliphatic rings. The van der Waals surface area contributed by atoms with Gasteiger partial charge in [-0.3, -0.25) is 4.79 Å². The van der Waals surface area contributed by atoms with Crippen molar-refractivity contribution in [3.63, 3.8) is 0 Å². The van der Waals surface area contributed by atoms with E-state index >= 15 is 0 Å². The molecule has 0 saturated heterocycles. The van der Waals surface area contributed by atoms with Crippen molar-refractivity contribution in [1.82, 2.24) is 19.9 Å². The number of nitrogens with zero attached hydrogens (tertiary/aromatic N) is 3. The van der Waals surface area contributed by atoms with Gasteiger partial charge in [0.05, 0.1) is 5.75 Å². The Balaban J connectivity index is 2.10. The van der Waals surface area contributed by atoms with Gasteiger partial charge < -0.3 is 10.3 Å². The summed E-state index contributed by atoms with van der Waals surface area (Å²) >= 11 is 1.40. The van der Waals surface area contributed by atoms with Crippen LogP contribution >= 0.6 is 11.8 Å². The van der Waals surface area contributed by atoms with Crippen LogP contribution in [0.25, 0.3) is 0 Å². The minimum Gasteiger partial charge on any atom is -0.373 e. The van der Waals surface area contributed by atoms with E-state index in [0.29, 0.717) is 16.7 Å². The summed E-state index contributed by atoms with van der Waals surface area (Å²) in [4.78, 5) is 26.5. The third-order valence-electron chi connectivity index (χ3n) is 2.14. The molecule has 2 aromatic rings. The first-order chi connectivity index (χ1) is 8.67. The fourth-order valence-electron chi connectivity index (χ4n) is 1.38. The monoisotopic (exact) mass is 263 g/mol. The Labute approximate surface area is 108 Å². The fourth-order valence-corrected chi connectivity index (χ4v) is 2.08. The van der Waals surface area contributed by atoms with E-state index in [1.54, 1.807) is 0 Å². The van der Waals surface area contributed by atoms with Gasteiger partial charge in [0, 0.05) is 31.1 Å². The van der Waals surface area contributed by atoms with Crippen LogP contribution in [-0.2, 0) is 5.75 Å². The van der Waals surface area contributed by atoms with E-state index < -0.39 is 0 Å². The predicted octanol–water partition coefficient (Wildman–Crippen LogP) is 1.20. The second kappa shape index (κ2) is 5.63. The first-order valence-electron chi connectivity index (χ1n) is 5.38. The number of anilines is 1. The molecule has 6 nitrogen and oxygen atoms in total. The number of H-pyrrole nitrogens is 1. The maximum atomic E-state index is 11.1. The molecule has 2 aromatic heterocycles. The Bertz CT molecular complexity index is 598. The molecule has 0 radical (unpaired) electrons. The van der Waals surface area contributed by atoms with Crippen molar-refractivity contribution in [2.45, 2.75) is 17.8 Å². The van der Waals surface area contributed by atoms with Crippen molar-refractivity contribution < 1.29 is 0 Å². The number of hydrogen-bond acceptors (Lipinski definition) is 6. The van der Waals surface area contributed by atoms with Gasteiger partial charge in [0.1, 0.15) is 11.6 Å². The first-order valence-corrected chi connectivity index (χ1v) is 6.36. The van der Waals surface area contributed by atoms with Gasteiger partial charge in [-0.15, -0.1) is 0 Å². The second-order valence-corrected chi connectivity index (χ2v) is 4.55. The van der Waals surface area contributed by atoms with Gasteiger partial charge in [0.15, 0.2) is 5.16 Å². The van der Waals surface area contributed by atoms with Crippen molar-refractivity contribution in [2.24, 2.45) is 0 Å². The molecule has 2 heterocycles. The highest BCUT2D eigenvalue weighted by atomic mass is 32.2. The highest BCUT2D eigenvalue weighted by Crippen LogP contribution is 2.16. The molecule has 18 heavy (non-hydrogen) atoms. The van der Waals surface area contributed by atoms with Gasteiger partial charge in [0.25, 0.3) is 5.56 Å². The molecule has 0 atom stereocenters. The molecule has 0 aromatic carbocycles. The Morgan fingerprint density at radius 2 is 2.28 bits per heavy atom. The summed E-state index contributed by atoms with van der Waals surface area (Å²) in [5.41, 5.74) is 0.744. The number of aryl methyl sites for hydroxylation is 1. The molecule has 0 bridgehead atoms. The molecule has 7 heteroatoms. The number of nitrogens with one attached hydrogen (secondary N) is 2. The maximum absolute atomic E-state index is 11.1. The highest BCUT2D eigenvalue weighted by molar-refractivity contribution is 7.98. The Morgan fingerprint density at radius 1 is 1.44 bits per heavy atom. The van der Waals surface area contributed by atoms with Gasteiger partial charge in [-0.25, -0.2) is 15.0 Å². The van der Waals surface area contributed by atoms with Crippen LogP contribution in [0.3, 0.4) is 0 Å². The Hall–Kier alpha value is -1.89. The van der Waals surface area contributed by atoms with Crippen LogP contribution in [0.4, 0.5) is 5.82 Å². The number of aromatic amines is 1. The SMILES string of the molecule is CNc1cc(C)nc(CSc2nccc(=O)[nH]2)n1. The van der Waals surface area contributed by atoms with Crippen molar-refractivity contribution in [3.8, 4) is 0 Å². The first kappa shape index (κ1) is 12.6. The molecule has 0 saturated carbocycles. The minimum atomic E-state index is -0.159. The molecule has 0 aliphatic carbocycles. The maximum Gasteiger partial charge on any atom is 0.251 e. The summed E-state index contributed by atoms with van der Waals surface area (Å²) in [6.45, 7) is 1.92. The largest absolute Gasteiger partial charge is 0.373 e. The normalized spacial score (nSPS) is 10.3. The average Bonchev–Trinajstić information content (AvgIpc) is 2.36. The number of rotatable bonds is 4. The minimum absolute atomic E-state index is 0.159. The summed E-state index contributed by atoms with van der Waals surface area (Å²) in [6.07, 6.45) is 1.48. The summed E-state index contributed by atoms with van der Waals surface area (Å²) in [5.74, 6) is 2.05. The number of aromatic nitrogens is 4. The molecule has 0 aliphatic heterocycles. The van der Waals surface area contributed by atoms with Crippen LogP contribution in [-0.4, -0.2) is 27.0 Å². The van der Waals surface area contributed by atoms with Crippen LogP contribution in [0.5, 0.6) is 0 Å². The molecule has 94 valence electrons. The average molecular weight is 263 g/mol. The molecule has 0 spiro atoms. The highest BCUT2D eigenvalue weighted by Gasteiger charge is 2.03. The van der Waals surface area contributed by atoms with E-state index in [1.807, 2.05) is 20.0 Å². The van der Waals surface area contributed by atoms with Crippen LogP contribution < -0.4 is 10.9 Å². The molecule has 0 unspecified atom stereocenters. The van der Waals surface area contributed by atoms with Gasteiger partial charge in [0.2, 0.25) is 0 Å². The summed E-state index contributed by atoms with van der Waals surface area (Å²) < 4.78 is 0. The molecule has 0 amide bonds. The van der Waals surface area contributed by atoms with Gasteiger partial charge >= 0.3 is 0 Å². The van der Waals surface area contributed by atoms with E-state index in [-0.39, 0.29) is 5.56 Å². The van der Waals surface area contributed by atoms with Crippen molar-refractivity contribution in [1.29, 1.82) is 0 Å². The number of hydrogen-bond donors (Lipinski definition) is 2. The summed E-state index contributed by atoms with van der Waals surface area (Å²) in [6, 6.07) is 3.25. The van der Waals surface area contributed by atoms with E-state index in [2.05, 4.69) is 25.3 Å². The number of thioether (sulfide) groups is 1. The van der Waals surface area contributed by atoms with Crippen molar-refractivity contribution >= 4 is 17.6 Å². The summed E-state index contributed by atoms with van der Waals surface area (Å²) in [5, 5.41) is 3.55. The summed E-state index contributed by atoms with van der Waals surface area (Å²) in [7, 11) is 1.81. The molecule has 2 rings (SSSR count). The lowest BCUT2D eigenvalue weighted by Gasteiger charge is -2.04. The predicted molar refractivity (Wildman–Crippen MR) is 70.7 cm³/mol. The lowest BCUT2D eigenvalue weighted by atomic mass is 10.4. The fraction of sp³-hybridized carbons (Fsp3) is 0.273. The van der Waals surface area contributed by atoms with Crippen molar-refractivity contribution in [3.05, 3.63) is 40.2 Å². The standard InChI is InChI=1S/C11H13N5OS/c1-7-5-8(12-2)15-9(14-7)6-18-11-13-4-3-10(17)16-11/h3-5H,6H2,1-2H3,(H,12,14,15)(H,13,16,17). The zero-order valence-corrected chi connectivity index (χ0v) is 10.9. The van der Waals surface area contributed by atoms with E-state index in [4.69, 9.17) is 0 Å². The lowest BCUT2D eigenvalue weighted by molar-refractivity contribution is 0.929. The zero-order chi connectivity index (χ0) is 13.0. The van der Waals surface area contributed by atoms with Crippen LogP contribution in [0.1, 0.15) is 11.5 Å². The zero-order valence-electron chi connectivity index (χ0n) is 10.1. The van der Waals surface area contributed by atoms with E-state index in [1.165, 1.54) is 24.0 Å². The topological polar surface area (TPSA) is 83.6 Å². The van der Waals surface area contributed by atoms with E-state index in [9.17, 15) is 4.79 Å². The third kappa shape index (κ3) is 3.30. The van der Waals surface area contributed by atoms with Crippen LogP contribution in [0.15, 0.2) is 28.3 Å². The van der Waals surface area contributed by atoms with Gasteiger partial charge in [-0.05, 0) is 6.92 Å². The Morgan fingerprint density at radius 3 is 3.00 bits per heavy atom. The Kier molecular flexibility index (Phi) is 3.93. The molecule has 2 N–H and O–H groups in total. The smallest absolute Gasteiger partial charge is 0.251 e. The molecular formula is C11H13N5OS. The van der Waals surface area contributed by atoms with Gasteiger partial charge in [-0.2, -0.15) is 0 Å². The second-order valence-electron chi connectivity index (χ2n) is 3.59. The van der Waals surface area contributed by atoms with Crippen LogP contribution in [0, 0.1) is 6.92 Å². The quantitative estimate of drug-likeness (QED) is 0.637. The van der Waals surface area contributed by atoms with E-state index in [0.717, 1.165) is 11.5 Å². The lowest BCUT2D eigenvalue weighted by Crippen LogP contribution is -2.06. The van der Waals surface area contributed by atoms with Crippen LogP contribution in [0.2, 0.25) is 0 Å². The third-order valence-corrected chi connectivity index (χ3v) is 3.03. The molecule has 0 fully saturated rings.